The second-order valence-electron chi connectivity index (χ2n) is 4.94. The van der Waals surface area contributed by atoms with Gasteiger partial charge >= 0.3 is 0 Å². The molecule has 0 N–H and O–H groups in total. The van der Waals surface area contributed by atoms with Crippen LogP contribution in [-0.2, 0) is 0 Å². The van der Waals surface area contributed by atoms with Gasteiger partial charge in [-0.2, -0.15) is 0 Å². The monoisotopic (exact) mass is 197 g/mol. The Morgan fingerprint density at radius 2 is 1.64 bits per heavy atom. The van der Waals surface area contributed by atoms with Gasteiger partial charge in [0.2, 0.25) is 0 Å². The van der Waals surface area contributed by atoms with E-state index in [-0.39, 0.29) is 0 Å². The van der Waals surface area contributed by atoms with E-state index in [1.165, 1.54) is 64.6 Å². The number of piperidine rings is 1. The van der Waals surface area contributed by atoms with Gasteiger partial charge in [-0.05, 0) is 44.8 Å². The number of nitrogens with zero attached hydrogens (tertiary/aromatic N) is 1. The highest BCUT2D eigenvalue weighted by atomic mass is 15.1. The molecule has 0 amide bonds. The van der Waals surface area contributed by atoms with E-state index >= 15 is 0 Å². The van der Waals surface area contributed by atoms with Gasteiger partial charge in [-0.15, -0.1) is 0 Å². The first-order valence-corrected chi connectivity index (χ1v) is 6.55. The molecule has 0 saturated carbocycles. The molecule has 0 aromatic heterocycles. The Kier molecular flexibility index (Phi) is 6.25. The summed E-state index contributed by atoms with van der Waals surface area (Å²) in [5, 5.41) is 0. The number of unbranched alkanes of at least 4 members (excludes halogenated alkanes) is 4. The van der Waals surface area contributed by atoms with Crippen molar-refractivity contribution in [2.24, 2.45) is 5.92 Å². The van der Waals surface area contributed by atoms with Crippen molar-refractivity contribution in [2.45, 2.75) is 58.8 Å². The average molecular weight is 197 g/mol. The van der Waals surface area contributed by atoms with Crippen LogP contribution in [-0.4, -0.2) is 24.5 Å². The quantitative estimate of drug-likeness (QED) is 0.587. The highest BCUT2D eigenvalue weighted by molar-refractivity contribution is 4.68. The van der Waals surface area contributed by atoms with Crippen molar-refractivity contribution in [3.05, 3.63) is 0 Å². The molecule has 0 unspecified atom stereocenters. The standard InChI is InChI=1S/C13H27N/c1-3-4-5-6-7-10-14-11-8-13(2)9-12-14/h13H,3-12H2,1-2H3. The molecule has 1 heterocycles. The minimum absolute atomic E-state index is 0.978. The fraction of sp³-hybridized carbons (Fsp3) is 1.00. The molecular weight excluding hydrogens is 170 g/mol. The molecule has 0 radical (unpaired) electrons. The van der Waals surface area contributed by atoms with Crippen LogP contribution < -0.4 is 0 Å². The van der Waals surface area contributed by atoms with Crippen molar-refractivity contribution in [1.82, 2.24) is 4.90 Å². The third kappa shape index (κ3) is 4.99. The third-order valence-electron chi connectivity index (χ3n) is 3.45. The van der Waals surface area contributed by atoms with Gasteiger partial charge in [0.15, 0.2) is 0 Å². The normalized spacial score (nSPS) is 20.1. The zero-order chi connectivity index (χ0) is 10.2. The molecule has 0 aromatic carbocycles. The fourth-order valence-corrected chi connectivity index (χ4v) is 2.22. The molecule has 1 rings (SSSR count). The van der Waals surface area contributed by atoms with Crippen LogP contribution in [0.25, 0.3) is 0 Å². The van der Waals surface area contributed by atoms with Crippen LogP contribution in [0.1, 0.15) is 58.8 Å². The molecule has 1 aliphatic heterocycles. The summed E-state index contributed by atoms with van der Waals surface area (Å²) in [5.41, 5.74) is 0. The summed E-state index contributed by atoms with van der Waals surface area (Å²) in [4.78, 5) is 2.66. The summed E-state index contributed by atoms with van der Waals surface area (Å²) in [7, 11) is 0. The Labute approximate surface area is 89.9 Å². The molecule has 0 atom stereocenters. The number of likely N-dealkylation sites (tertiary alicyclic amines) is 1. The maximum absolute atomic E-state index is 2.66. The summed E-state index contributed by atoms with van der Waals surface area (Å²) in [6.45, 7) is 8.74. The van der Waals surface area contributed by atoms with Gasteiger partial charge in [-0.25, -0.2) is 0 Å². The van der Waals surface area contributed by atoms with Gasteiger partial charge in [0, 0.05) is 0 Å². The summed E-state index contributed by atoms with van der Waals surface area (Å²) < 4.78 is 0. The van der Waals surface area contributed by atoms with Crippen LogP contribution in [0.5, 0.6) is 0 Å². The Morgan fingerprint density at radius 3 is 2.29 bits per heavy atom. The van der Waals surface area contributed by atoms with Crippen LogP contribution in [0.15, 0.2) is 0 Å². The van der Waals surface area contributed by atoms with E-state index in [2.05, 4.69) is 18.7 Å². The molecule has 14 heavy (non-hydrogen) atoms. The van der Waals surface area contributed by atoms with Gasteiger partial charge in [0.25, 0.3) is 0 Å². The van der Waals surface area contributed by atoms with Crippen molar-refractivity contribution in [2.75, 3.05) is 19.6 Å². The van der Waals surface area contributed by atoms with Crippen LogP contribution >= 0.6 is 0 Å². The Morgan fingerprint density at radius 1 is 1.00 bits per heavy atom. The van der Waals surface area contributed by atoms with Crippen molar-refractivity contribution in [3.8, 4) is 0 Å². The van der Waals surface area contributed by atoms with E-state index in [0.29, 0.717) is 0 Å². The zero-order valence-electron chi connectivity index (χ0n) is 10.1. The highest BCUT2D eigenvalue weighted by Gasteiger charge is 2.14. The molecule has 1 fully saturated rings. The number of hydrogen-bond donors (Lipinski definition) is 0. The van der Waals surface area contributed by atoms with Crippen molar-refractivity contribution in [3.63, 3.8) is 0 Å². The van der Waals surface area contributed by atoms with E-state index in [0.717, 1.165) is 5.92 Å². The van der Waals surface area contributed by atoms with Gasteiger partial charge in [0.1, 0.15) is 0 Å². The summed E-state index contributed by atoms with van der Waals surface area (Å²) >= 11 is 0. The van der Waals surface area contributed by atoms with E-state index in [4.69, 9.17) is 0 Å². The minimum Gasteiger partial charge on any atom is -0.303 e. The molecular formula is C13H27N. The lowest BCUT2D eigenvalue weighted by atomic mass is 9.99. The van der Waals surface area contributed by atoms with Gasteiger partial charge in [0.05, 0.1) is 0 Å². The predicted molar refractivity (Wildman–Crippen MR) is 63.6 cm³/mol. The number of hydrogen-bond acceptors (Lipinski definition) is 1. The van der Waals surface area contributed by atoms with Crippen LogP contribution in [0.3, 0.4) is 0 Å². The Bertz CT molecular complexity index is 125. The first-order valence-electron chi connectivity index (χ1n) is 6.55. The summed E-state index contributed by atoms with van der Waals surface area (Å²) in [6, 6.07) is 0. The molecule has 1 saturated heterocycles. The van der Waals surface area contributed by atoms with Crippen molar-refractivity contribution >= 4 is 0 Å². The van der Waals surface area contributed by atoms with E-state index in [1.54, 1.807) is 0 Å². The van der Waals surface area contributed by atoms with Gasteiger partial charge in [-0.1, -0.05) is 39.5 Å². The smallest absolute Gasteiger partial charge is 0.00162 e. The van der Waals surface area contributed by atoms with Crippen LogP contribution in [0.2, 0.25) is 0 Å². The number of rotatable bonds is 6. The first kappa shape index (κ1) is 12.0. The Hall–Kier alpha value is -0.0400. The zero-order valence-corrected chi connectivity index (χ0v) is 10.1. The molecule has 0 bridgehead atoms. The lowest BCUT2D eigenvalue weighted by Gasteiger charge is -2.30. The lowest BCUT2D eigenvalue weighted by molar-refractivity contribution is 0.189. The van der Waals surface area contributed by atoms with Crippen LogP contribution in [0, 0.1) is 5.92 Å². The molecule has 1 heteroatoms. The van der Waals surface area contributed by atoms with Crippen LogP contribution in [0.4, 0.5) is 0 Å². The van der Waals surface area contributed by atoms with Crippen molar-refractivity contribution in [1.29, 1.82) is 0 Å². The van der Waals surface area contributed by atoms with Gasteiger partial charge in [-0.3, -0.25) is 0 Å². The maximum atomic E-state index is 2.66. The molecule has 84 valence electrons. The molecule has 0 aliphatic carbocycles. The average Bonchev–Trinajstić information content (AvgIpc) is 2.21. The second kappa shape index (κ2) is 7.28. The molecule has 0 spiro atoms. The molecule has 1 aliphatic rings. The summed E-state index contributed by atoms with van der Waals surface area (Å²) in [5.74, 6) is 0.978. The topological polar surface area (TPSA) is 3.24 Å². The van der Waals surface area contributed by atoms with Crippen molar-refractivity contribution < 1.29 is 0 Å². The van der Waals surface area contributed by atoms with Gasteiger partial charge < -0.3 is 4.90 Å². The third-order valence-corrected chi connectivity index (χ3v) is 3.45. The van der Waals surface area contributed by atoms with E-state index in [9.17, 15) is 0 Å². The minimum atomic E-state index is 0.978. The predicted octanol–water partition coefficient (Wildman–Crippen LogP) is 3.69. The lowest BCUT2D eigenvalue weighted by Crippen LogP contribution is -2.33. The molecule has 0 aromatic rings. The highest BCUT2D eigenvalue weighted by Crippen LogP contribution is 2.16. The van der Waals surface area contributed by atoms with E-state index in [1.807, 2.05) is 0 Å². The largest absolute Gasteiger partial charge is 0.303 e. The fourth-order valence-electron chi connectivity index (χ4n) is 2.22. The Balaban J connectivity index is 1.91. The molecule has 1 nitrogen and oxygen atoms in total. The second-order valence-corrected chi connectivity index (χ2v) is 4.94. The first-order chi connectivity index (χ1) is 6.83. The van der Waals surface area contributed by atoms with E-state index < -0.39 is 0 Å². The summed E-state index contributed by atoms with van der Waals surface area (Å²) in [6.07, 6.45) is 9.96. The maximum Gasteiger partial charge on any atom is -0.00162 e. The SMILES string of the molecule is CCCCCCCN1CCC(C)CC1.